The standard InChI is InChI=1S/C12H11BrF2N2O2/c1-2-19-10(18)4-7-3-8(5-13)9(6-16)17-11(7)12(14)15/h3,12H,2,4-5H2,1H3. The lowest BCUT2D eigenvalue weighted by molar-refractivity contribution is -0.142. The predicted octanol–water partition coefficient (Wildman–Crippen LogP) is 2.89. The van der Waals surface area contributed by atoms with Crippen LogP contribution in [0.1, 0.15) is 35.9 Å². The second-order valence-electron chi connectivity index (χ2n) is 3.57. The molecule has 0 aliphatic rings. The van der Waals surface area contributed by atoms with E-state index in [9.17, 15) is 13.6 Å². The molecule has 4 nitrogen and oxygen atoms in total. The average molecular weight is 333 g/mol. The molecule has 0 fully saturated rings. The van der Waals surface area contributed by atoms with Gasteiger partial charge < -0.3 is 4.74 Å². The number of carbonyl (C=O) groups excluding carboxylic acids is 1. The number of nitriles is 1. The first-order valence-electron chi connectivity index (χ1n) is 5.46. The van der Waals surface area contributed by atoms with Crippen LogP contribution in [0, 0.1) is 11.3 Å². The SMILES string of the molecule is CCOC(=O)Cc1cc(CBr)c(C#N)nc1C(F)F. The van der Waals surface area contributed by atoms with Crippen LogP contribution < -0.4 is 0 Å². The van der Waals surface area contributed by atoms with Gasteiger partial charge in [0.1, 0.15) is 17.5 Å². The van der Waals surface area contributed by atoms with Crippen molar-refractivity contribution in [3.63, 3.8) is 0 Å². The Morgan fingerprint density at radius 3 is 2.74 bits per heavy atom. The molecule has 0 N–H and O–H groups in total. The fourth-order valence-corrected chi connectivity index (χ4v) is 1.94. The Kier molecular flexibility index (Phi) is 5.83. The van der Waals surface area contributed by atoms with Crippen molar-refractivity contribution in [2.45, 2.75) is 25.1 Å². The van der Waals surface area contributed by atoms with E-state index in [1.165, 1.54) is 6.07 Å². The van der Waals surface area contributed by atoms with Crippen LogP contribution in [-0.4, -0.2) is 17.6 Å². The molecule has 0 unspecified atom stereocenters. The van der Waals surface area contributed by atoms with Crippen LogP contribution in [0.15, 0.2) is 6.07 Å². The largest absolute Gasteiger partial charge is 0.466 e. The first-order valence-corrected chi connectivity index (χ1v) is 6.58. The second-order valence-corrected chi connectivity index (χ2v) is 4.13. The molecule has 0 aromatic carbocycles. The number of carbonyl (C=O) groups is 1. The summed E-state index contributed by atoms with van der Waals surface area (Å²) in [5.74, 6) is -0.601. The van der Waals surface area contributed by atoms with Gasteiger partial charge in [0, 0.05) is 5.33 Å². The highest BCUT2D eigenvalue weighted by atomic mass is 79.9. The number of halogens is 3. The topological polar surface area (TPSA) is 63.0 Å². The number of aromatic nitrogens is 1. The zero-order valence-electron chi connectivity index (χ0n) is 10.1. The molecule has 0 aliphatic heterocycles. The van der Waals surface area contributed by atoms with E-state index in [1.54, 1.807) is 13.0 Å². The summed E-state index contributed by atoms with van der Waals surface area (Å²) in [6.45, 7) is 1.81. The first-order chi connectivity index (χ1) is 9.03. The minimum atomic E-state index is -2.85. The number of hydrogen-bond donors (Lipinski definition) is 0. The molecule has 0 amide bonds. The summed E-state index contributed by atoms with van der Waals surface area (Å²) in [6, 6.07) is 3.14. The van der Waals surface area contributed by atoms with Gasteiger partial charge in [-0.3, -0.25) is 4.79 Å². The zero-order valence-corrected chi connectivity index (χ0v) is 11.7. The van der Waals surface area contributed by atoms with Gasteiger partial charge in [-0.15, -0.1) is 0 Å². The van der Waals surface area contributed by atoms with Crippen LogP contribution in [0.4, 0.5) is 8.78 Å². The molecule has 1 heterocycles. The summed E-state index contributed by atoms with van der Waals surface area (Å²) in [6.07, 6.45) is -3.13. The van der Waals surface area contributed by atoms with Crippen molar-refractivity contribution >= 4 is 21.9 Å². The zero-order chi connectivity index (χ0) is 14.4. The summed E-state index contributed by atoms with van der Waals surface area (Å²) in [5.41, 5.74) is -0.0674. The highest BCUT2D eigenvalue weighted by Gasteiger charge is 2.20. The number of ether oxygens (including phenoxy) is 1. The average Bonchev–Trinajstić information content (AvgIpc) is 2.38. The Morgan fingerprint density at radius 2 is 2.26 bits per heavy atom. The predicted molar refractivity (Wildman–Crippen MR) is 66.9 cm³/mol. The van der Waals surface area contributed by atoms with Gasteiger partial charge in [-0.1, -0.05) is 15.9 Å². The van der Waals surface area contributed by atoms with E-state index in [0.29, 0.717) is 10.9 Å². The maximum absolute atomic E-state index is 12.9. The van der Waals surface area contributed by atoms with Crippen LogP contribution in [0.5, 0.6) is 0 Å². The lowest BCUT2D eigenvalue weighted by Gasteiger charge is -2.10. The number of esters is 1. The van der Waals surface area contributed by atoms with Crippen molar-refractivity contribution in [2.75, 3.05) is 6.61 Å². The molecule has 19 heavy (non-hydrogen) atoms. The third-order valence-electron chi connectivity index (χ3n) is 2.31. The number of hydrogen-bond acceptors (Lipinski definition) is 4. The molecule has 0 spiro atoms. The van der Waals surface area contributed by atoms with Crippen molar-refractivity contribution in [1.82, 2.24) is 4.98 Å². The Balaban J connectivity index is 3.20. The van der Waals surface area contributed by atoms with E-state index in [1.807, 2.05) is 0 Å². The highest BCUT2D eigenvalue weighted by molar-refractivity contribution is 9.08. The van der Waals surface area contributed by atoms with Crippen LogP contribution in [0.25, 0.3) is 0 Å². The van der Waals surface area contributed by atoms with Gasteiger partial charge in [-0.05, 0) is 24.1 Å². The van der Waals surface area contributed by atoms with Gasteiger partial charge in [0.25, 0.3) is 6.43 Å². The van der Waals surface area contributed by atoms with E-state index in [0.717, 1.165) is 0 Å². The molecule has 1 rings (SSSR count). The van der Waals surface area contributed by atoms with E-state index in [2.05, 4.69) is 20.9 Å². The van der Waals surface area contributed by atoms with Crippen molar-refractivity contribution in [3.8, 4) is 6.07 Å². The number of pyridine rings is 1. The fourth-order valence-electron chi connectivity index (χ4n) is 1.51. The molecule has 7 heteroatoms. The van der Waals surface area contributed by atoms with Crippen molar-refractivity contribution in [2.24, 2.45) is 0 Å². The van der Waals surface area contributed by atoms with Crippen molar-refractivity contribution in [3.05, 3.63) is 28.6 Å². The molecule has 0 radical (unpaired) electrons. The van der Waals surface area contributed by atoms with Crippen molar-refractivity contribution in [1.29, 1.82) is 5.26 Å². The Morgan fingerprint density at radius 1 is 1.58 bits per heavy atom. The summed E-state index contributed by atoms with van der Waals surface area (Å²) in [4.78, 5) is 15.0. The Bertz CT molecular complexity index is 515. The van der Waals surface area contributed by atoms with Gasteiger partial charge in [-0.2, -0.15) is 5.26 Å². The van der Waals surface area contributed by atoms with Crippen LogP contribution in [0.2, 0.25) is 0 Å². The number of nitrogens with zero attached hydrogens (tertiary/aromatic N) is 2. The molecule has 102 valence electrons. The van der Waals surface area contributed by atoms with E-state index in [-0.39, 0.29) is 24.3 Å². The summed E-state index contributed by atoms with van der Waals surface area (Å²) in [7, 11) is 0. The minimum Gasteiger partial charge on any atom is -0.466 e. The smallest absolute Gasteiger partial charge is 0.310 e. The Labute approximate surface area is 117 Å². The normalized spacial score (nSPS) is 10.3. The maximum atomic E-state index is 12.9. The molecule has 0 saturated heterocycles. The van der Waals surface area contributed by atoms with Gasteiger partial charge in [-0.25, -0.2) is 13.8 Å². The second kappa shape index (κ2) is 7.14. The van der Waals surface area contributed by atoms with E-state index in [4.69, 9.17) is 10.00 Å². The monoisotopic (exact) mass is 332 g/mol. The van der Waals surface area contributed by atoms with E-state index >= 15 is 0 Å². The van der Waals surface area contributed by atoms with Crippen LogP contribution in [-0.2, 0) is 21.3 Å². The third-order valence-corrected chi connectivity index (χ3v) is 2.91. The Hall–Kier alpha value is -1.55. The molecular formula is C12H11BrF2N2O2. The van der Waals surface area contributed by atoms with Gasteiger partial charge in [0.2, 0.25) is 0 Å². The first kappa shape index (κ1) is 15.5. The summed E-state index contributed by atoms with van der Waals surface area (Å²) < 4.78 is 30.5. The van der Waals surface area contributed by atoms with E-state index < -0.39 is 18.1 Å². The third kappa shape index (κ3) is 3.96. The maximum Gasteiger partial charge on any atom is 0.310 e. The summed E-state index contributed by atoms with van der Waals surface area (Å²) >= 11 is 3.15. The number of alkyl halides is 3. The molecule has 1 aromatic rings. The molecule has 0 atom stereocenters. The summed E-state index contributed by atoms with van der Waals surface area (Å²) in [5, 5.41) is 9.14. The van der Waals surface area contributed by atoms with Gasteiger partial charge in [0.15, 0.2) is 0 Å². The molecule has 0 saturated carbocycles. The quantitative estimate of drug-likeness (QED) is 0.614. The number of rotatable bonds is 5. The lowest BCUT2D eigenvalue weighted by Crippen LogP contribution is -2.12. The van der Waals surface area contributed by atoms with Crippen molar-refractivity contribution < 1.29 is 18.3 Å². The van der Waals surface area contributed by atoms with Gasteiger partial charge in [0.05, 0.1) is 13.0 Å². The minimum absolute atomic E-state index is 0.0696. The molecule has 1 aromatic heterocycles. The van der Waals surface area contributed by atoms with Gasteiger partial charge >= 0.3 is 5.97 Å². The van der Waals surface area contributed by atoms with Crippen LogP contribution in [0.3, 0.4) is 0 Å². The molecule has 0 aliphatic carbocycles. The lowest BCUT2D eigenvalue weighted by atomic mass is 10.1. The molecule has 0 bridgehead atoms. The fraction of sp³-hybridized carbons (Fsp3) is 0.417. The van der Waals surface area contributed by atoms with Crippen LogP contribution >= 0.6 is 15.9 Å². The molecular weight excluding hydrogens is 322 g/mol. The highest BCUT2D eigenvalue weighted by Crippen LogP contribution is 2.25.